The molecule has 0 aliphatic heterocycles. The van der Waals surface area contributed by atoms with Gasteiger partial charge >= 0.3 is 0 Å². The lowest BCUT2D eigenvalue weighted by Crippen LogP contribution is -2.02. The predicted molar refractivity (Wildman–Crippen MR) is 107 cm³/mol. The highest BCUT2D eigenvalue weighted by atomic mass is 35.5. The number of fused-ring (bicyclic) bond motifs is 1. The first kappa shape index (κ1) is 17.1. The van der Waals surface area contributed by atoms with Crippen molar-refractivity contribution in [2.45, 2.75) is 6.54 Å². The Morgan fingerprint density at radius 2 is 1.78 bits per heavy atom. The van der Waals surface area contributed by atoms with Gasteiger partial charge in [-0.25, -0.2) is 4.39 Å². The Hall–Kier alpha value is -3.29. The summed E-state index contributed by atoms with van der Waals surface area (Å²) in [5.41, 5.74) is 4.58. The van der Waals surface area contributed by atoms with Gasteiger partial charge in [-0.3, -0.25) is 0 Å². The minimum Gasteiger partial charge on any atom is -0.381 e. The fourth-order valence-corrected chi connectivity index (χ4v) is 3.40. The van der Waals surface area contributed by atoms with Gasteiger partial charge < -0.3 is 10.3 Å². The van der Waals surface area contributed by atoms with E-state index in [1.54, 1.807) is 12.1 Å². The summed E-state index contributed by atoms with van der Waals surface area (Å²) in [7, 11) is 0. The van der Waals surface area contributed by atoms with E-state index in [1.165, 1.54) is 6.07 Å². The minimum atomic E-state index is -0.330. The van der Waals surface area contributed by atoms with Crippen LogP contribution in [0.15, 0.2) is 66.7 Å². The molecule has 0 saturated heterocycles. The van der Waals surface area contributed by atoms with Crippen LogP contribution in [0.25, 0.3) is 22.0 Å². The van der Waals surface area contributed by atoms with Crippen LogP contribution in [0.3, 0.4) is 0 Å². The number of nitriles is 1. The van der Waals surface area contributed by atoms with Crippen molar-refractivity contribution in [2.24, 2.45) is 0 Å². The van der Waals surface area contributed by atoms with Gasteiger partial charge in [0.15, 0.2) is 0 Å². The number of anilines is 1. The summed E-state index contributed by atoms with van der Waals surface area (Å²) in [5, 5.41) is 14.0. The van der Waals surface area contributed by atoms with Crippen molar-refractivity contribution in [3.05, 3.63) is 88.8 Å². The number of aromatic nitrogens is 1. The molecule has 3 aromatic carbocycles. The van der Waals surface area contributed by atoms with Crippen molar-refractivity contribution < 1.29 is 4.39 Å². The van der Waals surface area contributed by atoms with Gasteiger partial charge in [0, 0.05) is 39.3 Å². The summed E-state index contributed by atoms with van der Waals surface area (Å²) < 4.78 is 13.9. The molecule has 0 fully saturated rings. The number of rotatable bonds is 4. The Labute approximate surface area is 161 Å². The van der Waals surface area contributed by atoms with Crippen LogP contribution in [0, 0.1) is 17.1 Å². The molecule has 3 nitrogen and oxygen atoms in total. The molecule has 1 heterocycles. The van der Waals surface area contributed by atoms with Crippen LogP contribution in [-0.4, -0.2) is 4.98 Å². The Balaban J connectivity index is 1.61. The van der Waals surface area contributed by atoms with Gasteiger partial charge in [-0.15, -0.1) is 0 Å². The zero-order valence-corrected chi connectivity index (χ0v) is 15.0. The maximum atomic E-state index is 13.9. The van der Waals surface area contributed by atoms with Gasteiger partial charge in [-0.05, 0) is 35.9 Å². The number of aromatic amines is 1. The molecule has 0 bridgehead atoms. The molecule has 0 radical (unpaired) electrons. The van der Waals surface area contributed by atoms with E-state index in [-0.39, 0.29) is 5.82 Å². The maximum Gasteiger partial charge on any atom is 0.129 e. The fraction of sp³-hybridized carbons (Fsp3) is 0.0455. The molecule has 0 saturated carbocycles. The largest absolute Gasteiger partial charge is 0.381 e. The molecule has 0 spiro atoms. The average Bonchev–Trinajstić information content (AvgIpc) is 3.07. The molecule has 5 heteroatoms. The van der Waals surface area contributed by atoms with Crippen molar-refractivity contribution in [1.82, 2.24) is 4.98 Å². The molecule has 4 aromatic rings. The van der Waals surface area contributed by atoms with Crippen LogP contribution in [-0.2, 0) is 6.54 Å². The van der Waals surface area contributed by atoms with Crippen molar-refractivity contribution in [1.29, 1.82) is 5.26 Å². The van der Waals surface area contributed by atoms with Gasteiger partial charge in [0.05, 0.1) is 0 Å². The highest BCUT2D eigenvalue weighted by Gasteiger charge is 2.13. The first-order valence-corrected chi connectivity index (χ1v) is 8.83. The number of para-hydroxylation sites is 1. The SMILES string of the molecule is N#Cc1[nH]c2ccccc2c1-c1ccc(NCc2c(F)cccc2Cl)cc1. The van der Waals surface area contributed by atoms with Gasteiger partial charge in [0.2, 0.25) is 0 Å². The normalized spacial score (nSPS) is 10.7. The Kier molecular flexibility index (Phi) is 4.53. The second kappa shape index (κ2) is 7.14. The highest BCUT2D eigenvalue weighted by Crippen LogP contribution is 2.32. The van der Waals surface area contributed by atoms with Crippen LogP contribution < -0.4 is 5.32 Å². The number of hydrogen-bond acceptors (Lipinski definition) is 2. The lowest BCUT2D eigenvalue weighted by molar-refractivity contribution is 0.613. The maximum absolute atomic E-state index is 13.9. The van der Waals surface area contributed by atoms with Crippen LogP contribution in [0.5, 0.6) is 0 Å². The fourth-order valence-electron chi connectivity index (χ4n) is 3.17. The van der Waals surface area contributed by atoms with Crippen molar-refractivity contribution >= 4 is 28.2 Å². The van der Waals surface area contributed by atoms with E-state index in [0.29, 0.717) is 22.8 Å². The van der Waals surface area contributed by atoms with E-state index in [0.717, 1.165) is 27.7 Å². The first-order chi connectivity index (χ1) is 13.2. The number of nitrogens with one attached hydrogen (secondary N) is 2. The molecule has 0 amide bonds. The molecule has 0 aliphatic rings. The lowest BCUT2D eigenvalue weighted by Gasteiger charge is -2.10. The third kappa shape index (κ3) is 3.25. The third-order valence-electron chi connectivity index (χ3n) is 4.52. The number of benzene rings is 3. The average molecular weight is 376 g/mol. The van der Waals surface area contributed by atoms with Gasteiger partial charge in [0.25, 0.3) is 0 Å². The Morgan fingerprint density at radius 1 is 1.00 bits per heavy atom. The minimum absolute atomic E-state index is 0.293. The molecular weight excluding hydrogens is 361 g/mol. The predicted octanol–water partition coefficient (Wildman–Crippen LogP) is 6.11. The van der Waals surface area contributed by atoms with Gasteiger partial charge in [0.1, 0.15) is 17.6 Å². The van der Waals surface area contributed by atoms with E-state index < -0.39 is 0 Å². The van der Waals surface area contributed by atoms with Crippen LogP contribution >= 0.6 is 11.6 Å². The summed E-state index contributed by atoms with van der Waals surface area (Å²) >= 11 is 6.06. The van der Waals surface area contributed by atoms with Gasteiger partial charge in [-0.2, -0.15) is 5.26 Å². The molecule has 0 unspecified atom stereocenters. The monoisotopic (exact) mass is 375 g/mol. The first-order valence-electron chi connectivity index (χ1n) is 8.45. The van der Waals surface area contributed by atoms with Crippen molar-refractivity contribution in [3.8, 4) is 17.2 Å². The van der Waals surface area contributed by atoms with Crippen molar-refractivity contribution in [2.75, 3.05) is 5.32 Å². The Bertz CT molecular complexity index is 1140. The summed E-state index contributed by atoms with van der Waals surface area (Å²) in [6, 6.07) is 22.4. The molecule has 4 rings (SSSR count). The molecule has 27 heavy (non-hydrogen) atoms. The molecular formula is C22H15ClFN3. The summed E-state index contributed by atoms with van der Waals surface area (Å²) in [6.07, 6.45) is 0. The van der Waals surface area contributed by atoms with E-state index in [1.807, 2.05) is 48.5 Å². The van der Waals surface area contributed by atoms with Crippen LogP contribution in [0.2, 0.25) is 5.02 Å². The molecule has 2 N–H and O–H groups in total. The number of nitrogens with zero attached hydrogens (tertiary/aromatic N) is 1. The summed E-state index contributed by atoms with van der Waals surface area (Å²) in [4.78, 5) is 3.15. The zero-order valence-electron chi connectivity index (χ0n) is 14.3. The van der Waals surface area contributed by atoms with E-state index in [4.69, 9.17) is 11.6 Å². The summed E-state index contributed by atoms with van der Waals surface area (Å²) in [6.45, 7) is 0.293. The number of halogens is 2. The highest BCUT2D eigenvalue weighted by molar-refractivity contribution is 6.31. The quantitative estimate of drug-likeness (QED) is 0.452. The molecule has 1 aromatic heterocycles. The van der Waals surface area contributed by atoms with Gasteiger partial charge in [-0.1, -0.05) is 48.0 Å². The van der Waals surface area contributed by atoms with E-state index in [2.05, 4.69) is 16.4 Å². The lowest BCUT2D eigenvalue weighted by atomic mass is 10.0. The smallest absolute Gasteiger partial charge is 0.129 e. The van der Waals surface area contributed by atoms with Crippen molar-refractivity contribution in [3.63, 3.8) is 0 Å². The molecule has 0 aliphatic carbocycles. The molecule has 0 atom stereocenters. The topological polar surface area (TPSA) is 51.6 Å². The van der Waals surface area contributed by atoms with E-state index in [9.17, 15) is 9.65 Å². The van der Waals surface area contributed by atoms with Crippen LogP contribution in [0.4, 0.5) is 10.1 Å². The number of H-pyrrole nitrogens is 1. The second-order valence-corrected chi connectivity index (χ2v) is 6.57. The molecule has 132 valence electrons. The summed E-state index contributed by atoms with van der Waals surface area (Å²) in [5.74, 6) is -0.330. The second-order valence-electron chi connectivity index (χ2n) is 6.16. The van der Waals surface area contributed by atoms with Crippen LogP contribution in [0.1, 0.15) is 11.3 Å². The number of hydrogen-bond donors (Lipinski definition) is 2. The zero-order chi connectivity index (χ0) is 18.8. The standard InChI is InChI=1S/C22H15ClFN3/c23-18-5-3-6-19(24)17(18)13-26-15-10-8-14(9-11-15)22-16-4-1-2-7-20(16)27-21(22)12-25/h1-11,26-27H,13H2. The Morgan fingerprint density at radius 3 is 2.52 bits per heavy atom. The van der Waals surface area contributed by atoms with E-state index >= 15 is 0 Å². The third-order valence-corrected chi connectivity index (χ3v) is 4.88.